The molecular weight excluding hydrogens is 328 g/mol. The number of carbonyl (C=O) groups excluding carboxylic acids is 1. The number of para-hydroxylation sites is 1. The molecule has 2 heterocycles. The molecule has 1 aromatic carbocycles. The van der Waals surface area contributed by atoms with Gasteiger partial charge in [-0.25, -0.2) is 4.98 Å². The van der Waals surface area contributed by atoms with E-state index in [1.165, 1.54) is 31.0 Å². The number of nitrogens with zero attached hydrogens (tertiary/aromatic N) is 2. The standard InChI is InChI=1S/C18H19F2N3O2/c19-18(20)25-15-6-2-1-5-14(15)17(24)22-12-13-7-8-16(21-11-13)23-9-3-4-10-23/h1-2,5-8,11,18H,3-4,9-10,12H2,(H,22,24). The van der Waals surface area contributed by atoms with Gasteiger partial charge in [-0.15, -0.1) is 0 Å². The number of pyridine rings is 1. The summed E-state index contributed by atoms with van der Waals surface area (Å²) in [5.41, 5.74) is 0.910. The Balaban J connectivity index is 1.60. The monoisotopic (exact) mass is 347 g/mol. The Morgan fingerprint density at radius 2 is 1.96 bits per heavy atom. The van der Waals surface area contributed by atoms with Gasteiger partial charge in [0.2, 0.25) is 0 Å². The zero-order chi connectivity index (χ0) is 17.6. The molecule has 1 aromatic heterocycles. The lowest BCUT2D eigenvalue weighted by atomic mass is 10.2. The molecule has 1 amide bonds. The van der Waals surface area contributed by atoms with Crippen LogP contribution in [0.2, 0.25) is 0 Å². The van der Waals surface area contributed by atoms with E-state index in [4.69, 9.17) is 0 Å². The van der Waals surface area contributed by atoms with Gasteiger partial charge in [0.05, 0.1) is 5.56 Å². The van der Waals surface area contributed by atoms with E-state index in [9.17, 15) is 13.6 Å². The van der Waals surface area contributed by atoms with E-state index in [0.717, 1.165) is 24.5 Å². The van der Waals surface area contributed by atoms with Crippen molar-refractivity contribution in [1.82, 2.24) is 10.3 Å². The molecular formula is C18H19F2N3O2. The Hall–Kier alpha value is -2.70. The number of carbonyl (C=O) groups is 1. The number of amides is 1. The summed E-state index contributed by atoms with van der Waals surface area (Å²) in [6.45, 7) is -0.681. The van der Waals surface area contributed by atoms with Gasteiger partial charge in [0.15, 0.2) is 0 Å². The fraction of sp³-hybridized carbons (Fsp3) is 0.333. The third-order valence-corrected chi connectivity index (χ3v) is 4.04. The number of alkyl halides is 2. The molecule has 0 radical (unpaired) electrons. The first-order valence-electron chi connectivity index (χ1n) is 8.15. The van der Waals surface area contributed by atoms with E-state index < -0.39 is 12.5 Å². The summed E-state index contributed by atoms with van der Waals surface area (Å²) in [7, 11) is 0. The molecule has 0 atom stereocenters. The highest BCUT2D eigenvalue weighted by atomic mass is 19.3. The topological polar surface area (TPSA) is 54.5 Å². The number of anilines is 1. The fourth-order valence-corrected chi connectivity index (χ4v) is 2.79. The molecule has 2 aromatic rings. The van der Waals surface area contributed by atoms with Crippen molar-refractivity contribution in [3.05, 3.63) is 53.7 Å². The first kappa shape index (κ1) is 17.1. The van der Waals surface area contributed by atoms with Crippen LogP contribution in [0.25, 0.3) is 0 Å². The number of nitrogens with one attached hydrogen (secondary N) is 1. The van der Waals surface area contributed by atoms with E-state index in [0.29, 0.717) is 0 Å². The van der Waals surface area contributed by atoms with Crippen molar-refractivity contribution in [3.8, 4) is 5.75 Å². The molecule has 1 N–H and O–H groups in total. The predicted molar refractivity (Wildman–Crippen MR) is 89.9 cm³/mol. The van der Waals surface area contributed by atoms with Crippen molar-refractivity contribution in [1.29, 1.82) is 0 Å². The molecule has 0 spiro atoms. The van der Waals surface area contributed by atoms with Crippen LogP contribution >= 0.6 is 0 Å². The van der Waals surface area contributed by atoms with Crippen molar-refractivity contribution in [2.24, 2.45) is 0 Å². The number of rotatable bonds is 6. The molecule has 0 unspecified atom stereocenters. The molecule has 7 heteroatoms. The van der Waals surface area contributed by atoms with Crippen LogP contribution in [-0.2, 0) is 6.54 Å². The lowest BCUT2D eigenvalue weighted by Gasteiger charge is -2.16. The van der Waals surface area contributed by atoms with E-state index >= 15 is 0 Å². The van der Waals surface area contributed by atoms with Crippen molar-refractivity contribution < 1.29 is 18.3 Å². The van der Waals surface area contributed by atoms with Gasteiger partial charge in [-0.3, -0.25) is 4.79 Å². The second-order valence-corrected chi connectivity index (χ2v) is 5.78. The first-order chi connectivity index (χ1) is 12.1. The minimum Gasteiger partial charge on any atom is -0.434 e. The minimum absolute atomic E-state index is 0.0736. The number of ether oxygens (including phenoxy) is 1. The Morgan fingerprint density at radius 3 is 2.64 bits per heavy atom. The van der Waals surface area contributed by atoms with Crippen LogP contribution in [0.5, 0.6) is 5.75 Å². The number of aromatic nitrogens is 1. The minimum atomic E-state index is -2.98. The van der Waals surface area contributed by atoms with Crippen molar-refractivity contribution in [3.63, 3.8) is 0 Å². The molecule has 1 aliphatic heterocycles. The van der Waals surface area contributed by atoms with Gasteiger partial charge < -0.3 is 15.0 Å². The number of halogens is 2. The summed E-state index contributed by atoms with van der Waals surface area (Å²) in [6.07, 6.45) is 4.08. The SMILES string of the molecule is O=C(NCc1ccc(N2CCCC2)nc1)c1ccccc1OC(F)F. The van der Waals surface area contributed by atoms with E-state index in [2.05, 4.69) is 19.9 Å². The maximum atomic E-state index is 12.4. The summed E-state index contributed by atoms with van der Waals surface area (Å²) < 4.78 is 29.2. The lowest BCUT2D eigenvalue weighted by molar-refractivity contribution is -0.0501. The Kier molecular flexibility index (Phi) is 5.42. The van der Waals surface area contributed by atoms with Crippen LogP contribution in [0, 0.1) is 0 Å². The third-order valence-electron chi connectivity index (χ3n) is 4.04. The maximum absolute atomic E-state index is 12.4. The Bertz CT molecular complexity index is 717. The van der Waals surface area contributed by atoms with E-state index in [-0.39, 0.29) is 17.9 Å². The number of hydrogen-bond acceptors (Lipinski definition) is 4. The molecule has 0 saturated carbocycles. The molecule has 1 fully saturated rings. The quantitative estimate of drug-likeness (QED) is 0.872. The molecule has 25 heavy (non-hydrogen) atoms. The number of benzene rings is 1. The van der Waals surface area contributed by atoms with Crippen LogP contribution in [-0.4, -0.2) is 30.6 Å². The van der Waals surface area contributed by atoms with Gasteiger partial charge in [0.25, 0.3) is 5.91 Å². The zero-order valence-corrected chi connectivity index (χ0v) is 13.6. The molecule has 5 nitrogen and oxygen atoms in total. The van der Waals surface area contributed by atoms with Crippen LogP contribution < -0.4 is 15.0 Å². The highest BCUT2D eigenvalue weighted by Gasteiger charge is 2.16. The summed E-state index contributed by atoms with van der Waals surface area (Å²) in [5.74, 6) is 0.320. The Morgan fingerprint density at radius 1 is 1.20 bits per heavy atom. The highest BCUT2D eigenvalue weighted by molar-refractivity contribution is 5.96. The summed E-state index contributed by atoms with van der Waals surface area (Å²) >= 11 is 0. The smallest absolute Gasteiger partial charge is 0.387 e. The largest absolute Gasteiger partial charge is 0.434 e. The average Bonchev–Trinajstić information content (AvgIpc) is 3.15. The lowest BCUT2D eigenvalue weighted by Crippen LogP contribution is -2.24. The van der Waals surface area contributed by atoms with Crippen LogP contribution in [0.4, 0.5) is 14.6 Å². The van der Waals surface area contributed by atoms with E-state index in [1.54, 1.807) is 12.3 Å². The third kappa shape index (κ3) is 4.43. The molecule has 0 aliphatic carbocycles. The molecule has 0 bridgehead atoms. The Labute approximate surface area is 144 Å². The predicted octanol–water partition coefficient (Wildman–Crippen LogP) is 3.21. The number of hydrogen-bond donors (Lipinski definition) is 1. The van der Waals surface area contributed by atoms with Gasteiger partial charge in [-0.05, 0) is 36.6 Å². The van der Waals surface area contributed by atoms with Gasteiger partial charge in [-0.2, -0.15) is 8.78 Å². The van der Waals surface area contributed by atoms with Crippen LogP contribution in [0.1, 0.15) is 28.8 Å². The summed E-state index contributed by atoms with van der Waals surface area (Å²) in [4.78, 5) is 18.9. The second-order valence-electron chi connectivity index (χ2n) is 5.78. The van der Waals surface area contributed by atoms with Crippen LogP contribution in [0.15, 0.2) is 42.6 Å². The van der Waals surface area contributed by atoms with Gasteiger partial charge in [-0.1, -0.05) is 18.2 Å². The average molecular weight is 347 g/mol. The van der Waals surface area contributed by atoms with Gasteiger partial charge in [0.1, 0.15) is 11.6 Å². The molecule has 3 rings (SSSR count). The normalized spacial score (nSPS) is 14.0. The van der Waals surface area contributed by atoms with Gasteiger partial charge >= 0.3 is 6.61 Å². The molecule has 132 valence electrons. The van der Waals surface area contributed by atoms with Crippen molar-refractivity contribution >= 4 is 11.7 Å². The van der Waals surface area contributed by atoms with Gasteiger partial charge in [0, 0.05) is 25.8 Å². The maximum Gasteiger partial charge on any atom is 0.387 e. The molecule has 1 aliphatic rings. The van der Waals surface area contributed by atoms with Crippen LogP contribution in [0.3, 0.4) is 0 Å². The summed E-state index contributed by atoms with van der Waals surface area (Å²) in [5, 5.41) is 2.70. The first-order valence-corrected chi connectivity index (χ1v) is 8.15. The zero-order valence-electron chi connectivity index (χ0n) is 13.6. The molecule has 1 saturated heterocycles. The second kappa shape index (κ2) is 7.92. The van der Waals surface area contributed by atoms with Crippen molar-refractivity contribution in [2.75, 3.05) is 18.0 Å². The van der Waals surface area contributed by atoms with E-state index in [1.807, 2.05) is 12.1 Å². The summed E-state index contributed by atoms with van der Waals surface area (Å²) in [6, 6.07) is 9.76. The fourth-order valence-electron chi connectivity index (χ4n) is 2.79. The highest BCUT2D eigenvalue weighted by Crippen LogP contribution is 2.20. The van der Waals surface area contributed by atoms with Crippen molar-refractivity contribution in [2.45, 2.75) is 26.0 Å².